The van der Waals surface area contributed by atoms with Gasteiger partial charge in [-0.1, -0.05) is 0 Å². The molecule has 0 bridgehead atoms. The summed E-state index contributed by atoms with van der Waals surface area (Å²) in [6.07, 6.45) is 5.24. The van der Waals surface area contributed by atoms with Gasteiger partial charge in [0.25, 0.3) is 5.91 Å². The molecule has 2 amide bonds. The smallest absolute Gasteiger partial charge is 0.254 e. The van der Waals surface area contributed by atoms with E-state index in [-0.39, 0.29) is 18.4 Å². The second-order valence-electron chi connectivity index (χ2n) is 6.55. The lowest BCUT2D eigenvalue weighted by molar-refractivity contribution is -0.129. The van der Waals surface area contributed by atoms with E-state index in [4.69, 9.17) is 0 Å². The monoisotopic (exact) mass is 332 g/mol. The predicted octanol–water partition coefficient (Wildman–Crippen LogP) is 2.01. The third kappa shape index (κ3) is 4.24. The molecule has 1 aromatic rings. The van der Waals surface area contributed by atoms with E-state index in [1.54, 1.807) is 31.3 Å². The summed E-state index contributed by atoms with van der Waals surface area (Å²) >= 11 is 0. The molecule has 0 radical (unpaired) electrons. The van der Waals surface area contributed by atoms with Gasteiger partial charge in [0.2, 0.25) is 5.91 Å². The van der Waals surface area contributed by atoms with Crippen LogP contribution >= 0.6 is 0 Å². The summed E-state index contributed by atoms with van der Waals surface area (Å²) in [4.78, 5) is 34.5. The van der Waals surface area contributed by atoms with Gasteiger partial charge in [0.15, 0.2) is 0 Å². The average molecular weight is 332 g/mol. The fourth-order valence-corrected chi connectivity index (χ4v) is 2.96. The average Bonchev–Trinajstić information content (AvgIpc) is 2.59. The van der Waals surface area contributed by atoms with Crippen LogP contribution in [0.1, 0.15) is 43.5 Å². The zero-order valence-electron chi connectivity index (χ0n) is 15.2. The summed E-state index contributed by atoms with van der Waals surface area (Å²) in [5, 5.41) is 0. The molecule has 132 valence electrons. The van der Waals surface area contributed by atoms with E-state index in [2.05, 4.69) is 16.8 Å². The lowest BCUT2D eigenvalue weighted by Gasteiger charge is -2.34. The van der Waals surface area contributed by atoms with Crippen molar-refractivity contribution in [3.05, 3.63) is 23.9 Å². The van der Waals surface area contributed by atoms with E-state index in [1.807, 2.05) is 13.0 Å². The SMILES string of the molecule is CCN(CC(=O)N(C)C)C(=O)c1ccnc(N2CCCC[C@H]2C)c1. The van der Waals surface area contributed by atoms with Crippen LogP contribution in [-0.4, -0.2) is 66.4 Å². The topological polar surface area (TPSA) is 56.8 Å². The Bertz CT molecular complexity index is 588. The molecule has 2 rings (SSSR count). The molecule has 0 aliphatic carbocycles. The normalized spacial score (nSPS) is 17.5. The van der Waals surface area contributed by atoms with Crippen molar-refractivity contribution in [2.75, 3.05) is 38.6 Å². The third-order valence-electron chi connectivity index (χ3n) is 4.58. The summed E-state index contributed by atoms with van der Waals surface area (Å²) in [5.41, 5.74) is 0.589. The van der Waals surface area contributed by atoms with Gasteiger partial charge in [-0.3, -0.25) is 9.59 Å². The number of aromatic nitrogens is 1. The molecule has 0 unspecified atom stereocenters. The van der Waals surface area contributed by atoms with Crippen molar-refractivity contribution in [2.24, 2.45) is 0 Å². The summed E-state index contributed by atoms with van der Waals surface area (Å²) in [6, 6.07) is 4.02. The molecule has 0 saturated carbocycles. The number of piperidine rings is 1. The number of carbonyl (C=O) groups is 2. The van der Waals surface area contributed by atoms with Crippen LogP contribution in [0.25, 0.3) is 0 Å². The van der Waals surface area contributed by atoms with Crippen LogP contribution in [0.5, 0.6) is 0 Å². The Morgan fingerprint density at radius 2 is 2.08 bits per heavy atom. The fourth-order valence-electron chi connectivity index (χ4n) is 2.96. The zero-order valence-corrected chi connectivity index (χ0v) is 15.2. The Hall–Kier alpha value is -2.11. The molecule has 1 aromatic heterocycles. The number of pyridine rings is 1. The van der Waals surface area contributed by atoms with Crippen LogP contribution in [0.4, 0.5) is 5.82 Å². The molecule has 24 heavy (non-hydrogen) atoms. The Morgan fingerprint density at radius 3 is 2.71 bits per heavy atom. The van der Waals surface area contributed by atoms with Crippen LogP contribution in [0.3, 0.4) is 0 Å². The first-order chi connectivity index (χ1) is 11.4. The van der Waals surface area contributed by atoms with Gasteiger partial charge >= 0.3 is 0 Å². The Morgan fingerprint density at radius 1 is 1.33 bits per heavy atom. The molecule has 1 aliphatic heterocycles. The summed E-state index contributed by atoms with van der Waals surface area (Å²) < 4.78 is 0. The van der Waals surface area contributed by atoms with E-state index >= 15 is 0 Å². The third-order valence-corrected chi connectivity index (χ3v) is 4.58. The van der Waals surface area contributed by atoms with Crippen LogP contribution < -0.4 is 4.90 Å². The lowest BCUT2D eigenvalue weighted by Crippen LogP contribution is -2.40. The van der Waals surface area contributed by atoms with Gasteiger partial charge in [-0.05, 0) is 45.2 Å². The molecule has 6 nitrogen and oxygen atoms in total. The molecule has 2 heterocycles. The van der Waals surface area contributed by atoms with Gasteiger partial charge in [0, 0.05) is 45.0 Å². The first-order valence-electron chi connectivity index (χ1n) is 8.66. The number of hydrogen-bond donors (Lipinski definition) is 0. The lowest BCUT2D eigenvalue weighted by atomic mass is 10.0. The Labute approximate surface area is 144 Å². The number of rotatable bonds is 5. The Balaban J connectivity index is 2.16. The molecular formula is C18H28N4O2. The second-order valence-corrected chi connectivity index (χ2v) is 6.55. The maximum atomic E-state index is 12.8. The number of anilines is 1. The van der Waals surface area contributed by atoms with E-state index in [9.17, 15) is 9.59 Å². The minimum absolute atomic E-state index is 0.0795. The van der Waals surface area contributed by atoms with E-state index in [0.717, 1.165) is 25.2 Å². The summed E-state index contributed by atoms with van der Waals surface area (Å²) in [5.74, 6) is 0.646. The fraction of sp³-hybridized carbons (Fsp3) is 0.611. The Kier molecular flexibility index (Phi) is 6.17. The first-order valence-corrected chi connectivity index (χ1v) is 8.66. The van der Waals surface area contributed by atoms with Crippen molar-refractivity contribution >= 4 is 17.6 Å². The largest absolute Gasteiger partial charge is 0.354 e. The van der Waals surface area contributed by atoms with E-state index in [1.165, 1.54) is 11.3 Å². The minimum Gasteiger partial charge on any atom is -0.354 e. The summed E-state index contributed by atoms with van der Waals surface area (Å²) in [7, 11) is 3.39. The van der Waals surface area contributed by atoms with E-state index < -0.39 is 0 Å². The molecule has 6 heteroatoms. The maximum absolute atomic E-state index is 12.8. The van der Waals surface area contributed by atoms with Crippen LogP contribution in [0.15, 0.2) is 18.3 Å². The van der Waals surface area contributed by atoms with Gasteiger partial charge in [-0.2, -0.15) is 0 Å². The van der Waals surface area contributed by atoms with Gasteiger partial charge in [0.1, 0.15) is 5.82 Å². The van der Waals surface area contributed by atoms with Crippen LogP contribution in [0.2, 0.25) is 0 Å². The maximum Gasteiger partial charge on any atom is 0.254 e. The van der Waals surface area contributed by atoms with Gasteiger partial charge in [-0.15, -0.1) is 0 Å². The van der Waals surface area contributed by atoms with Crippen LogP contribution in [0, 0.1) is 0 Å². The van der Waals surface area contributed by atoms with Crippen molar-refractivity contribution in [3.63, 3.8) is 0 Å². The molecule has 1 fully saturated rings. The van der Waals surface area contributed by atoms with Crippen molar-refractivity contribution in [1.82, 2.24) is 14.8 Å². The highest BCUT2D eigenvalue weighted by atomic mass is 16.2. The highest BCUT2D eigenvalue weighted by Crippen LogP contribution is 2.23. The number of nitrogens with zero attached hydrogens (tertiary/aromatic N) is 4. The highest BCUT2D eigenvalue weighted by Gasteiger charge is 2.22. The van der Waals surface area contributed by atoms with E-state index in [0.29, 0.717) is 18.2 Å². The van der Waals surface area contributed by atoms with Gasteiger partial charge in [0.05, 0.1) is 6.54 Å². The molecule has 1 atom stereocenters. The van der Waals surface area contributed by atoms with Crippen LogP contribution in [-0.2, 0) is 4.79 Å². The summed E-state index contributed by atoms with van der Waals surface area (Å²) in [6.45, 7) is 5.65. The quantitative estimate of drug-likeness (QED) is 0.828. The molecule has 0 spiro atoms. The van der Waals surface area contributed by atoms with Gasteiger partial charge in [-0.25, -0.2) is 4.98 Å². The molecule has 0 aromatic carbocycles. The van der Waals surface area contributed by atoms with Crippen molar-refractivity contribution in [1.29, 1.82) is 0 Å². The number of carbonyl (C=O) groups excluding carboxylic acids is 2. The molecular weight excluding hydrogens is 304 g/mol. The van der Waals surface area contributed by atoms with Crippen molar-refractivity contribution < 1.29 is 9.59 Å². The zero-order chi connectivity index (χ0) is 17.7. The first kappa shape index (κ1) is 18.2. The number of hydrogen-bond acceptors (Lipinski definition) is 4. The molecule has 1 saturated heterocycles. The van der Waals surface area contributed by atoms with Gasteiger partial charge < -0.3 is 14.7 Å². The van der Waals surface area contributed by atoms with Crippen molar-refractivity contribution in [3.8, 4) is 0 Å². The minimum atomic E-state index is -0.124. The van der Waals surface area contributed by atoms with Crippen molar-refractivity contribution in [2.45, 2.75) is 39.2 Å². The predicted molar refractivity (Wildman–Crippen MR) is 95.2 cm³/mol. The number of amides is 2. The second kappa shape index (κ2) is 8.13. The molecule has 1 aliphatic rings. The highest BCUT2D eigenvalue weighted by molar-refractivity contribution is 5.97. The number of likely N-dealkylation sites (N-methyl/N-ethyl adjacent to an activating group) is 2. The standard InChI is InChI=1S/C18H28N4O2/c1-5-21(13-17(23)20(3)4)18(24)15-9-10-19-16(12-15)22-11-7-6-8-14(22)2/h9-10,12,14H,5-8,11,13H2,1-4H3/t14-/m1/s1. The molecule has 0 N–H and O–H groups in total.